The van der Waals surface area contributed by atoms with Gasteiger partial charge in [-0.3, -0.25) is 0 Å². The lowest BCUT2D eigenvalue weighted by Gasteiger charge is -2.06. The fraction of sp³-hybridized carbons (Fsp3) is 0.182. The average Bonchev–Trinajstić information content (AvgIpc) is 3.31. The second kappa shape index (κ2) is 7.23. The van der Waals surface area contributed by atoms with Crippen molar-refractivity contribution in [1.82, 2.24) is 10.1 Å². The minimum Gasteiger partial charge on any atom is -0.486 e. The number of rotatable bonds is 5. The number of anilines is 1. The summed E-state index contributed by atoms with van der Waals surface area (Å²) < 4.78 is 17.0. The van der Waals surface area contributed by atoms with E-state index >= 15 is 0 Å². The number of ether oxygens (including phenoxy) is 1. The number of aromatic nitrogens is 2. The maximum Gasteiger partial charge on any atom is 0.293 e. The molecule has 6 heteroatoms. The zero-order valence-corrected chi connectivity index (χ0v) is 16.0. The lowest BCUT2D eigenvalue weighted by atomic mass is 10.1. The molecule has 0 spiro atoms. The van der Waals surface area contributed by atoms with Gasteiger partial charge in [0.1, 0.15) is 18.1 Å². The molecule has 0 amide bonds. The molecule has 0 radical (unpaired) electrons. The molecule has 28 heavy (non-hydrogen) atoms. The van der Waals surface area contributed by atoms with Crippen LogP contribution in [0.1, 0.15) is 22.5 Å². The molecule has 2 aromatic heterocycles. The van der Waals surface area contributed by atoms with E-state index in [-0.39, 0.29) is 0 Å². The molecular weight excluding hydrogens is 354 g/mol. The second-order valence-electron chi connectivity index (χ2n) is 6.82. The van der Waals surface area contributed by atoms with Crippen molar-refractivity contribution in [2.75, 3.05) is 5.73 Å². The van der Waals surface area contributed by atoms with E-state index in [9.17, 15) is 0 Å². The molecule has 0 fully saturated rings. The van der Waals surface area contributed by atoms with Gasteiger partial charge in [0.25, 0.3) is 5.89 Å². The number of furan rings is 1. The van der Waals surface area contributed by atoms with Crippen molar-refractivity contribution in [1.29, 1.82) is 0 Å². The van der Waals surface area contributed by atoms with Crippen LogP contribution >= 0.6 is 0 Å². The maximum absolute atomic E-state index is 5.96. The Morgan fingerprint density at radius 3 is 2.57 bits per heavy atom. The molecule has 0 unspecified atom stereocenters. The normalized spacial score (nSPS) is 11.0. The van der Waals surface area contributed by atoms with Crippen molar-refractivity contribution in [3.63, 3.8) is 0 Å². The summed E-state index contributed by atoms with van der Waals surface area (Å²) in [6.45, 7) is 6.33. The molecule has 2 aromatic carbocycles. The Labute approximate surface area is 162 Å². The molecule has 0 atom stereocenters. The Hall–Kier alpha value is -3.54. The van der Waals surface area contributed by atoms with Crippen LogP contribution < -0.4 is 10.5 Å². The predicted octanol–water partition coefficient (Wildman–Crippen LogP) is 5.08. The van der Waals surface area contributed by atoms with Gasteiger partial charge in [0.15, 0.2) is 5.76 Å². The summed E-state index contributed by atoms with van der Waals surface area (Å²) >= 11 is 0. The standard InChI is InChI=1S/C22H21N3O3/c1-13-9-14(2)11-17(10-13)26-12-16-7-8-20(27-16)22-24-21(25-28-22)18-5-4-6-19(23)15(18)3/h4-11H,12,23H2,1-3H3. The van der Waals surface area contributed by atoms with Crippen LogP contribution in [0.2, 0.25) is 0 Å². The van der Waals surface area contributed by atoms with E-state index in [1.807, 2.05) is 57.2 Å². The fourth-order valence-electron chi connectivity index (χ4n) is 3.07. The summed E-state index contributed by atoms with van der Waals surface area (Å²) in [6, 6.07) is 15.3. The molecule has 142 valence electrons. The minimum atomic E-state index is 0.314. The third kappa shape index (κ3) is 3.62. The highest BCUT2D eigenvalue weighted by Crippen LogP contribution is 2.28. The molecule has 0 saturated carbocycles. The van der Waals surface area contributed by atoms with Crippen molar-refractivity contribution in [3.05, 3.63) is 71.0 Å². The summed E-state index contributed by atoms with van der Waals surface area (Å²) in [6.07, 6.45) is 0. The lowest BCUT2D eigenvalue weighted by molar-refractivity contribution is 0.270. The Balaban J connectivity index is 1.50. The smallest absolute Gasteiger partial charge is 0.293 e. The van der Waals surface area contributed by atoms with Crippen molar-refractivity contribution >= 4 is 5.69 Å². The molecule has 0 bridgehead atoms. The van der Waals surface area contributed by atoms with E-state index in [1.54, 1.807) is 6.07 Å². The van der Waals surface area contributed by atoms with Gasteiger partial charge in [-0.05, 0) is 67.8 Å². The highest BCUT2D eigenvalue weighted by atomic mass is 16.5. The highest BCUT2D eigenvalue weighted by Gasteiger charge is 2.16. The molecule has 4 aromatic rings. The van der Waals surface area contributed by atoms with E-state index in [4.69, 9.17) is 19.4 Å². The number of hydrogen-bond donors (Lipinski definition) is 1. The molecule has 0 saturated heterocycles. The van der Waals surface area contributed by atoms with Gasteiger partial charge in [0, 0.05) is 11.3 Å². The minimum absolute atomic E-state index is 0.314. The first-order valence-electron chi connectivity index (χ1n) is 8.99. The van der Waals surface area contributed by atoms with E-state index in [0.29, 0.717) is 35.5 Å². The van der Waals surface area contributed by atoms with E-state index in [0.717, 1.165) is 28.0 Å². The average molecular weight is 375 g/mol. The first kappa shape index (κ1) is 17.9. The van der Waals surface area contributed by atoms with Crippen LogP contribution in [0.3, 0.4) is 0 Å². The number of hydrogen-bond acceptors (Lipinski definition) is 6. The van der Waals surface area contributed by atoms with Crippen LogP contribution in [0.25, 0.3) is 23.0 Å². The van der Waals surface area contributed by atoms with Gasteiger partial charge >= 0.3 is 0 Å². The number of benzene rings is 2. The van der Waals surface area contributed by atoms with Gasteiger partial charge in [-0.15, -0.1) is 0 Å². The van der Waals surface area contributed by atoms with E-state index in [2.05, 4.69) is 16.2 Å². The summed E-state index contributed by atoms with van der Waals surface area (Å²) in [4.78, 5) is 4.44. The monoisotopic (exact) mass is 375 g/mol. The summed E-state index contributed by atoms with van der Waals surface area (Å²) in [5.74, 6) is 2.78. The number of nitrogen functional groups attached to an aromatic ring is 1. The Morgan fingerprint density at radius 2 is 1.79 bits per heavy atom. The summed E-state index contributed by atoms with van der Waals surface area (Å²) in [5, 5.41) is 4.05. The van der Waals surface area contributed by atoms with E-state index in [1.165, 1.54) is 0 Å². The second-order valence-corrected chi connectivity index (χ2v) is 6.82. The van der Waals surface area contributed by atoms with Crippen molar-refractivity contribution in [2.45, 2.75) is 27.4 Å². The van der Waals surface area contributed by atoms with Crippen molar-refractivity contribution < 1.29 is 13.7 Å². The Morgan fingerprint density at radius 1 is 1.00 bits per heavy atom. The Kier molecular flexibility index (Phi) is 4.61. The van der Waals surface area contributed by atoms with Gasteiger partial charge in [0.2, 0.25) is 5.82 Å². The van der Waals surface area contributed by atoms with Crippen LogP contribution in [0.5, 0.6) is 5.75 Å². The third-order valence-electron chi connectivity index (χ3n) is 4.49. The molecule has 4 rings (SSSR count). The summed E-state index contributed by atoms with van der Waals surface area (Å²) in [7, 11) is 0. The first-order chi connectivity index (χ1) is 13.5. The van der Waals surface area contributed by atoms with Gasteiger partial charge in [0.05, 0.1) is 0 Å². The Bertz CT molecular complexity index is 1110. The largest absolute Gasteiger partial charge is 0.486 e. The van der Waals surface area contributed by atoms with Crippen LogP contribution in [-0.4, -0.2) is 10.1 Å². The highest BCUT2D eigenvalue weighted by molar-refractivity contribution is 5.68. The molecule has 0 aliphatic heterocycles. The molecular formula is C22H21N3O3. The van der Waals surface area contributed by atoms with Gasteiger partial charge < -0.3 is 19.4 Å². The zero-order chi connectivity index (χ0) is 19.7. The number of nitrogens with two attached hydrogens (primary N) is 1. The molecule has 6 nitrogen and oxygen atoms in total. The zero-order valence-electron chi connectivity index (χ0n) is 16.0. The van der Waals surface area contributed by atoms with Gasteiger partial charge in [-0.1, -0.05) is 23.4 Å². The summed E-state index contributed by atoms with van der Waals surface area (Å²) in [5.41, 5.74) is 10.7. The molecule has 0 aliphatic rings. The van der Waals surface area contributed by atoms with Gasteiger partial charge in [-0.2, -0.15) is 4.98 Å². The van der Waals surface area contributed by atoms with Crippen LogP contribution in [-0.2, 0) is 6.61 Å². The quantitative estimate of drug-likeness (QED) is 0.489. The first-order valence-corrected chi connectivity index (χ1v) is 8.99. The molecule has 2 heterocycles. The molecule has 0 aliphatic carbocycles. The topological polar surface area (TPSA) is 87.3 Å². The maximum atomic E-state index is 5.96. The van der Waals surface area contributed by atoms with Crippen LogP contribution in [0.15, 0.2) is 57.5 Å². The predicted molar refractivity (Wildman–Crippen MR) is 107 cm³/mol. The molecule has 2 N–H and O–H groups in total. The fourth-order valence-corrected chi connectivity index (χ4v) is 3.07. The van der Waals surface area contributed by atoms with E-state index < -0.39 is 0 Å². The third-order valence-corrected chi connectivity index (χ3v) is 4.49. The van der Waals surface area contributed by atoms with Crippen LogP contribution in [0, 0.1) is 20.8 Å². The van der Waals surface area contributed by atoms with Crippen LogP contribution in [0.4, 0.5) is 5.69 Å². The lowest BCUT2D eigenvalue weighted by Crippen LogP contribution is -1.94. The number of nitrogens with zero attached hydrogens (tertiary/aromatic N) is 2. The van der Waals surface area contributed by atoms with Crippen molar-refractivity contribution in [2.24, 2.45) is 0 Å². The van der Waals surface area contributed by atoms with Crippen molar-refractivity contribution in [3.8, 4) is 28.8 Å². The van der Waals surface area contributed by atoms with Gasteiger partial charge in [-0.25, -0.2) is 0 Å². The number of aryl methyl sites for hydroxylation is 2. The SMILES string of the molecule is Cc1cc(C)cc(OCc2ccc(-c3nc(-c4cccc(N)c4C)no3)o2)c1.